The number of hydrogen-bond donors (Lipinski definition) is 1. The van der Waals surface area contributed by atoms with E-state index in [9.17, 15) is 13.2 Å². The van der Waals surface area contributed by atoms with Crippen LogP contribution in [0.3, 0.4) is 0 Å². The lowest BCUT2D eigenvalue weighted by atomic mass is 10.3. The summed E-state index contributed by atoms with van der Waals surface area (Å²) in [5, 5.41) is 2.54. The summed E-state index contributed by atoms with van der Waals surface area (Å²) in [6.07, 6.45) is -4.22. The molecular formula is C10H12F3N3O2. The lowest BCUT2D eigenvalue weighted by Crippen LogP contribution is -2.19. The number of halogens is 3. The van der Waals surface area contributed by atoms with Gasteiger partial charge in [-0.25, -0.2) is 4.98 Å². The molecule has 0 saturated carbocycles. The van der Waals surface area contributed by atoms with Gasteiger partial charge in [0.2, 0.25) is 11.7 Å². The average Bonchev–Trinajstić information content (AvgIpc) is 2.80. The van der Waals surface area contributed by atoms with Crippen LogP contribution in [0, 0.1) is 0 Å². The van der Waals surface area contributed by atoms with Crippen LogP contribution >= 0.6 is 0 Å². The standard InChI is InChI=1S/C10H12F3N3O2/c1-14-7-4-8(18-6-2-3-17-5-6)16-9(15-7)10(11,12)13/h4,6H,2-3,5H2,1H3,(H,14,15,16). The van der Waals surface area contributed by atoms with Gasteiger partial charge in [0, 0.05) is 19.5 Å². The molecule has 0 amide bonds. The molecule has 1 aromatic rings. The van der Waals surface area contributed by atoms with Crippen LogP contribution in [0.25, 0.3) is 0 Å². The zero-order chi connectivity index (χ0) is 13.2. The Labute approximate surface area is 101 Å². The highest BCUT2D eigenvalue weighted by molar-refractivity contribution is 5.38. The van der Waals surface area contributed by atoms with Gasteiger partial charge in [0.25, 0.3) is 0 Å². The van der Waals surface area contributed by atoms with E-state index in [0.29, 0.717) is 19.6 Å². The van der Waals surface area contributed by atoms with Crippen LogP contribution in [0.1, 0.15) is 12.2 Å². The Morgan fingerprint density at radius 3 is 2.78 bits per heavy atom. The monoisotopic (exact) mass is 263 g/mol. The third-order valence-electron chi connectivity index (χ3n) is 2.39. The summed E-state index contributed by atoms with van der Waals surface area (Å²) in [6.45, 7) is 0.904. The van der Waals surface area contributed by atoms with Crippen LogP contribution in [0.5, 0.6) is 5.88 Å². The zero-order valence-corrected chi connectivity index (χ0v) is 9.62. The minimum Gasteiger partial charge on any atom is -0.472 e. The quantitative estimate of drug-likeness (QED) is 0.899. The van der Waals surface area contributed by atoms with Gasteiger partial charge in [-0.1, -0.05) is 0 Å². The number of nitrogens with zero attached hydrogens (tertiary/aromatic N) is 2. The van der Waals surface area contributed by atoms with Gasteiger partial charge in [0.15, 0.2) is 0 Å². The van der Waals surface area contributed by atoms with Gasteiger partial charge < -0.3 is 14.8 Å². The first-order chi connectivity index (χ1) is 8.49. The van der Waals surface area contributed by atoms with Gasteiger partial charge >= 0.3 is 6.18 Å². The Morgan fingerprint density at radius 2 is 2.22 bits per heavy atom. The van der Waals surface area contributed by atoms with Gasteiger partial charge in [-0.2, -0.15) is 18.2 Å². The molecule has 2 heterocycles. The molecule has 1 unspecified atom stereocenters. The van der Waals surface area contributed by atoms with E-state index >= 15 is 0 Å². The van der Waals surface area contributed by atoms with Crippen molar-refractivity contribution < 1.29 is 22.6 Å². The molecule has 100 valence electrons. The minimum absolute atomic E-state index is 0.0613. The fourth-order valence-corrected chi connectivity index (χ4v) is 1.52. The van der Waals surface area contributed by atoms with E-state index in [1.54, 1.807) is 0 Å². The van der Waals surface area contributed by atoms with Crippen molar-refractivity contribution in [1.82, 2.24) is 9.97 Å². The van der Waals surface area contributed by atoms with Crippen LogP contribution in [0.4, 0.5) is 19.0 Å². The highest BCUT2D eigenvalue weighted by Crippen LogP contribution is 2.29. The van der Waals surface area contributed by atoms with E-state index in [4.69, 9.17) is 9.47 Å². The molecule has 1 aliphatic rings. The van der Waals surface area contributed by atoms with Crippen molar-refractivity contribution >= 4 is 5.82 Å². The van der Waals surface area contributed by atoms with Crippen LogP contribution in [-0.2, 0) is 10.9 Å². The molecule has 2 rings (SSSR count). The molecule has 18 heavy (non-hydrogen) atoms. The van der Waals surface area contributed by atoms with Crippen molar-refractivity contribution in [2.24, 2.45) is 0 Å². The van der Waals surface area contributed by atoms with Gasteiger partial charge in [0.05, 0.1) is 13.2 Å². The van der Waals surface area contributed by atoms with Gasteiger partial charge in [-0.3, -0.25) is 0 Å². The molecule has 5 nitrogen and oxygen atoms in total. The van der Waals surface area contributed by atoms with Crippen molar-refractivity contribution in [2.75, 3.05) is 25.6 Å². The van der Waals surface area contributed by atoms with Crippen molar-refractivity contribution in [3.8, 4) is 5.88 Å². The van der Waals surface area contributed by atoms with Crippen molar-refractivity contribution in [2.45, 2.75) is 18.7 Å². The fourth-order valence-electron chi connectivity index (χ4n) is 1.52. The molecule has 1 aromatic heterocycles. The topological polar surface area (TPSA) is 56.3 Å². The Bertz CT molecular complexity index is 419. The van der Waals surface area contributed by atoms with E-state index in [1.807, 2.05) is 0 Å². The molecule has 8 heteroatoms. The first-order valence-electron chi connectivity index (χ1n) is 5.37. The maximum Gasteiger partial charge on any atom is 0.451 e. The largest absolute Gasteiger partial charge is 0.472 e. The fraction of sp³-hybridized carbons (Fsp3) is 0.600. The summed E-state index contributed by atoms with van der Waals surface area (Å²) in [5.41, 5.74) is 0. The summed E-state index contributed by atoms with van der Waals surface area (Å²) in [7, 11) is 1.48. The number of ether oxygens (including phenoxy) is 2. The normalized spacial score (nSPS) is 19.9. The second-order valence-electron chi connectivity index (χ2n) is 3.77. The molecule has 0 spiro atoms. The van der Waals surface area contributed by atoms with Crippen molar-refractivity contribution in [3.63, 3.8) is 0 Å². The van der Waals surface area contributed by atoms with E-state index in [-0.39, 0.29) is 17.8 Å². The van der Waals surface area contributed by atoms with Crippen LogP contribution < -0.4 is 10.1 Å². The summed E-state index contributed by atoms with van der Waals surface area (Å²) in [6, 6.07) is 1.33. The second kappa shape index (κ2) is 4.97. The summed E-state index contributed by atoms with van der Waals surface area (Å²) < 4.78 is 48.1. The van der Waals surface area contributed by atoms with Gasteiger partial charge in [-0.05, 0) is 0 Å². The summed E-state index contributed by atoms with van der Waals surface area (Å²) >= 11 is 0. The SMILES string of the molecule is CNc1cc(OC2CCOC2)nc(C(F)(F)F)n1. The first-order valence-corrected chi connectivity index (χ1v) is 5.37. The average molecular weight is 263 g/mol. The number of hydrogen-bond acceptors (Lipinski definition) is 5. The molecular weight excluding hydrogens is 251 g/mol. The first kappa shape index (κ1) is 12.9. The van der Waals surface area contributed by atoms with Crippen molar-refractivity contribution in [1.29, 1.82) is 0 Å². The predicted octanol–water partition coefficient (Wildman–Crippen LogP) is 1.70. The zero-order valence-electron chi connectivity index (χ0n) is 9.62. The number of nitrogens with one attached hydrogen (secondary N) is 1. The number of rotatable bonds is 3. The third kappa shape index (κ3) is 3.00. The minimum atomic E-state index is -4.60. The molecule has 1 N–H and O–H groups in total. The predicted molar refractivity (Wildman–Crippen MR) is 56.4 cm³/mol. The Hall–Kier alpha value is -1.57. The highest BCUT2D eigenvalue weighted by atomic mass is 19.4. The van der Waals surface area contributed by atoms with E-state index in [2.05, 4.69) is 15.3 Å². The van der Waals surface area contributed by atoms with Crippen LogP contribution in [-0.4, -0.2) is 36.3 Å². The third-order valence-corrected chi connectivity index (χ3v) is 2.39. The second-order valence-corrected chi connectivity index (χ2v) is 3.77. The Kier molecular flexibility index (Phi) is 3.55. The maximum absolute atomic E-state index is 12.6. The molecule has 1 fully saturated rings. The summed E-state index contributed by atoms with van der Waals surface area (Å²) in [5.74, 6) is -1.26. The van der Waals surface area contributed by atoms with Crippen LogP contribution in [0.15, 0.2) is 6.07 Å². The lowest BCUT2D eigenvalue weighted by molar-refractivity contribution is -0.145. The van der Waals surface area contributed by atoms with Crippen LogP contribution in [0.2, 0.25) is 0 Å². The van der Waals surface area contributed by atoms with E-state index < -0.39 is 12.0 Å². The smallest absolute Gasteiger partial charge is 0.451 e. The number of anilines is 1. The Morgan fingerprint density at radius 1 is 1.44 bits per heavy atom. The Balaban J connectivity index is 2.23. The van der Waals surface area contributed by atoms with E-state index in [1.165, 1.54) is 13.1 Å². The molecule has 0 radical (unpaired) electrons. The molecule has 0 bridgehead atoms. The van der Waals surface area contributed by atoms with Crippen molar-refractivity contribution in [3.05, 3.63) is 11.9 Å². The van der Waals surface area contributed by atoms with Gasteiger partial charge in [-0.15, -0.1) is 0 Å². The number of aromatic nitrogens is 2. The molecule has 0 aromatic carbocycles. The molecule has 1 aliphatic heterocycles. The lowest BCUT2D eigenvalue weighted by Gasteiger charge is -2.13. The maximum atomic E-state index is 12.6. The molecule has 0 aliphatic carbocycles. The summed E-state index contributed by atoms with van der Waals surface area (Å²) in [4.78, 5) is 6.70. The highest BCUT2D eigenvalue weighted by Gasteiger charge is 2.36. The number of alkyl halides is 3. The van der Waals surface area contributed by atoms with E-state index in [0.717, 1.165) is 0 Å². The molecule has 1 saturated heterocycles. The molecule has 1 atom stereocenters. The van der Waals surface area contributed by atoms with Gasteiger partial charge in [0.1, 0.15) is 11.9 Å².